The highest BCUT2D eigenvalue weighted by Crippen LogP contribution is 2.29. The Balaban J connectivity index is 1.63. The van der Waals surface area contributed by atoms with E-state index in [0.717, 1.165) is 28.0 Å². The van der Waals surface area contributed by atoms with Crippen molar-refractivity contribution < 1.29 is 9.53 Å². The fourth-order valence-corrected chi connectivity index (χ4v) is 4.02. The van der Waals surface area contributed by atoms with Gasteiger partial charge in [0, 0.05) is 11.1 Å². The van der Waals surface area contributed by atoms with E-state index in [1.165, 1.54) is 11.8 Å². The number of benzene rings is 2. The largest absolute Gasteiger partial charge is 0.497 e. The van der Waals surface area contributed by atoms with Gasteiger partial charge in [0.15, 0.2) is 10.8 Å². The molecule has 0 bridgehead atoms. The summed E-state index contributed by atoms with van der Waals surface area (Å²) in [7, 11) is 1.61. The SMILES string of the molecule is CCC(Sc1nc2ccccc2c2nc(C)nn12)C(=O)Nc1ccc(OC)cc1. The number of nitrogens with one attached hydrogen (secondary N) is 1. The molecule has 2 heterocycles. The molecule has 4 rings (SSSR count). The Hall–Kier alpha value is -3.13. The number of fused-ring (bicyclic) bond motifs is 3. The molecule has 0 saturated heterocycles. The summed E-state index contributed by atoms with van der Waals surface area (Å²) in [6.45, 7) is 3.83. The summed E-state index contributed by atoms with van der Waals surface area (Å²) in [5, 5.41) is 8.72. The van der Waals surface area contributed by atoms with Crippen LogP contribution in [0, 0.1) is 6.92 Å². The standard InChI is InChI=1S/C21H21N5O2S/c1-4-18(20(27)23-14-9-11-15(28-3)12-10-14)29-21-24-17-8-6-5-7-16(17)19-22-13(2)25-26(19)21/h5-12,18H,4H2,1-3H3,(H,23,27). The summed E-state index contributed by atoms with van der Waals surface area (Å²) in [5.74, 6) is 1.33. The number of para-hydroxylation sites is 1. The van der Waals surface area contributed by atoms with E-state index in [1.54, 1.807) is 11.6 Å². The molecule has 7 nitrogen and oxygen atoms in total. The van der Waals surface area contributed by atoms with E-state index in [1.807, 2.05) is 62.4 Å². The molecular weight excluding hydrogens is 386 g/mol. The normalized spacial score (nSPS) is 12.2. The second-order valence-corrected chi connectivity index (χ2v) is 7.71. The molecule has 0 spiro atoms. The minimum Gasteiger partial charge on any atom is -0.497 e. The number of anilines is 1. The number of rotatable bonds is 6. The van der Waals surface area contributed by atoms with Crippen molar-refractivity contribution in [1.82, 2.24) is 19.6 Å². The summed E-state index contributed by atoms with van der Waals surface area (Å²) < 4.78 is 6.89. The van der Waals surface area contributed by atoms with Crippen LogP contribution in [0.5, 0.6) is 5.75 Å². The van der Waals surface area contributed by atoms with E-state index in [0.29, 0.717) is 17.4 Å². The number of carbonyl (C=O) groups is 1. The molecule has 1 atom stereocenters. The zero-order valence-corrected chi connectivity index (χ0v) is 17.2. The van der Waals surface area contributed by atoms with Crippen molar-refractivity contribution in [1.29, 1.82) is 0 Å². The van der Waals surface area contributed by atoms with E-state index in [2.05, 4.69) is 15.4 Å². The quantitative estimate of drug-likeness (QED) is 0.383. The van der Waals surface area contributed by atoms with Crippen LogP contribution in [0.15, 0.2) is 53.7 Å². The Morgan fingerprint density at radius 3 is 2.66 bits per heavy atom. The molecule has 0 radical (unpaired) electrons. The van der Waals surface area contributed by atoms with Crippen molar-refractivity contribution in [2.75, 3.05) is 12.4 Å². The van der Waals surface area contributed by atoms with Crippen LogP contribution in [0.2, 0.25) is 0 Å². The first-order valence-corrected chi connectivity index (χ1v) is 10.2. The van der Waals surface area contributed by atoms with Crippen molar-refractivity contribution in [3.63, 3.8) is 0 Å². The molecule has 2 aromatic heterocycles. The van der Waals surface area contributed by atoms with Crippen molar-refractivity contribution >= 4 is 39.9 Å². The molecular formula is C21H21N5O2S. The van der Waals surface area contributed by atoms with Gasteiger partial charge in [0.05, 0.1) is 17.9 Å². The second kappa shape index (κ2) is 8.08. The lowest BCUT2D eigenvalue weighted by molar-refractivity contribution is -0.115. The monoisotopic (exact) mass is 407 g/mol. The highest BCUT2D eigenvalue weighted by Gasteiger charge is 2.22. The lowest BCUT2D eigenvalue weighted by Gasteiger charge is -2.15. The molecule has 1 unspecified atom stereocenters. The van der Waals surface area contributed by atoms with Crippen LogP contribution in [0.3, 0.4) is 0 Å². The number of ether oxygens (including phenoxy) is 1. The van der Waals surface area contributed by atoms with Crippen LogP contribution in [0.1, 0.15) is 19.2 Å². The molecule has 1 N–H and O–H groups in total. The first kappa shape index (κ1) is 19.2. The molecule has 0 aliphatic heterocycles. The number of hydrogen-bond acceptors (Lipinski definition) is 6. The number of thioether (sulfide) groups is 1. The third-order valence-electron chi connectivity index (χ3n) is 4.52. The van der Waals surface area contributed by atoms with E-state index < -0.39 is 0 Å². The number of hydrogen-bond donors (Lipinski definition) is 1. The van der Waals surface area contributed by atoms with E-state index in [9.17, 15) is 4.79 Å². The molecule has 0 fully saturated rings. The van der Waals surface area contributed by atoms with Crippen molar-refractivity contribution in [3.8, 4) is 5.75 Å². The average molecular weight is 407 g/mol. The minimum atomic E-state index is -0.321. The number of nitrogens with zero attached hydrogens (tertiary/aromatic N) is 4. The Morgan fingerprint density at radius 1 is 1.17 bits per heavy atom. The Bertz CT molecular complexity index is 1170. The van der Waals surface area contributed by atoms with Gasteiger partial charge in [-0.1, -0.05) is 30.8 Å². The van der Waals surface area contributed by atoms with E-state index in [-0.39, 0.29) is 11.2 Å². The van der Waals surface area contributed by atoms with Crippen LogP contribution in [0.4, 0.5) is 5.69 Å². The third-order valence-corrected chi connectivity index (χ3v) is 5.83. The number of aryl methyl sites for hydroxylation is 1. The summed E-state index contributed by atoms with van der Waals surface area (Å²) in [4.78, 5) is 22.2. The van der Waals surface area contributed by atoms with Crippen LogP contribution in [-0.4, -0.2) is 37.8 Å². The number of methoxy groups -OCH3 is 1. The summed E-state index contributed by atoms with van der Waals surface area (Å²) in [5.41, 5.74) is 2.31. The second-order valence-electron chi connectivity index (χ2n) is 6.54. The highest BCUT2D eigenvalue weighted by molar-refractivity contribution is 8.00. The van der Waals surface area contributed by atoms with Gasteiger partial charge in [-0.15, -0.1) is 5.10 Å². The first-order chi connectivity index (χ1) is 14.1. The molecule has 0 aliphatic carbocycles. The molecule has 2 aromatic carbocycles. The van der Waals surface area contributed by atoms with E-state index in [4.69, 9.17) is 9.72 Å². The van der Waals surface area contributed by atoms with Gasteiger partial charge in [-0.25, -0.2) is 9.97 Å². The zero-order chi connectivity index (χ0) is 20.4. The summed E-state index contributed by atoms with van der Waals surface area (Å²) in [6.07, 6.45) is 0.649. The fraction of sp³-hybridized carbons (Fsp3) is 0.238. The summed E-state index contributed by atoms with van der Waals surface area (Å²) in [6, 6.07) is 15.1. The molecule has 8 heteroatoms. The molecule has 1 amide bonds. The maximum absolute atomic E-state index is 12.9. The molecule has 0 saturated carbocycles. The van der Waals surface area contributed by atoms with Crippen molar-refractivity contribution in [2.45, 2.75) is 30.7 Å². The van der Waals surface area contributed by atoms with Crippen LogP contribution in [-0.2, 0) is 4.79 Å². The Kier molecular flexibility index (Phi) is 5.35. The van der Waals surface area contributed by atoms with Crippen LogP contribution >= 0.6 is 11.8 Å². The lowest BCUT2D eigenvalue weighted by atomic mass is 10.2. The third kappa shape index (κ3) is 3.88. The molecule has 4 aromatic rings. The highest BCUT2D eigenvalue weighted by atomic mass is 32.2. The van der Waals surface area contributed by atoms with Crippen molar-refractivity contribution in [2.24, 2.45) is 0 Å². The van der Waals surface area contributed by atoms with Gasteiger partial charge in [-0.3, -0.25) is 4.79 Å². The molecule has 0 aliphatic rings. The minimum absolute atomic E-state index is 0.0809. The topological polar surface area (TPSA) is 81.4 Å². The predicted molar refractivity (Wildman–Crippen MR) is 115 cm³/mol. The fourth-order valence-electron chi connectivity index (χ4n) is 3.06. The van der Waals surface area contributed by atoms with Gasteiger partial charge in [-0.2, -0.15) is 4.52 Å². The maximum atomic E-state index is 12.9. The van der Waals surface area contributed by atoms with Gasteiger partial charge in [0.1, 0.15) is 11.6 Å². The zero-order valence-electron chi connectivity index (χ0n) is 16.4. The first-order valence-electron chi connectivity index (χ1n) is 9.32. The van der Waals surface area contributed by atoms with Gasteiger partial charge in [0.25, 0.3) is 0 Å². The van der Waals surface area contributed by atoms with Crippen LogP contribution in [0.25, 0.3) is 16.6 Å². The molecule has 29 heavy (non-hydrogen) atoms. The Morgan fingerprint density at radius 2 is 1.93 bits per heavy atom. The lowest BCUT2D eigenvalue weighted by Crippen LogP contribution is -2.25. The Labute approximate surface area is 172 Å². The van der Waals surface area contributed by atoms with Gasteiger partial charge in [-0.05, 0) is 49.7 Å². The average Bonchev–Trinajstić information content (AvgIpc) is 3.14. The maximum Gasteiger partial charge on any atom is 0.237 e. The van der Waals surface area contributed by atoms with E-state index >= 15 is 0 Å². The number of amides is 1. The number of aromatic nitrogens is 4. The number of carbonyl (C=O) groups excluding carboxylic acids is 1. The van der Waals surface area contributed by atoms with Crippen LogP contribution < -0.4 is 10.1 Å². The molecule has 148 valence electrons. The smallest absolute Gasteiger partial charge is 0.237 e. The van der Waals surface area contributed by atoms with Crippen molar-refractivity contribution in [3.05, 3.63) is 54.4 Å². The predicted octanol–water partition coefficient (Wildman–Crippen LogP) is 4.10. The van der Waals surface area contributed by atoms with Gasteiger partial charge >= 0.3 is 0 Å². The summed E-state index contributed by atoms with van der Waals surface area (Å²) >= 11 is 1.39. The van der Waals surface area contributed by atoms with Gasteiger partial charge < -0.3 is 10.1 Å². The van der Waals surface area contributed by atoms with Gasteiger partial charge in [0.2, 0.25) is 5.91 Å².